The van der Waals surface area contributed by atoms with Gasteiger partial charge in [-0.25, -0.2) is 0 Å². The SMILES string of the molecule is CCCCC(=O)N[C@H](C(=O)NCc1ccc(NC(=O)c2ccccc2-c2ccc(C(F)(F)F)cc2)cc1)c1ccccc1. The number of anilines is 1. The molecule has 222 valence electrons. The Morgan fingerprint density at radius 3 is 2.09 bits per heavy atom. The van der Waals surface area contributed by atoms with E-state index in [1.54, 1.807) is 60.7 Å². The van der Waals surface area contributed by atoms with Gasteiger partial charge in [-0.3, -0.25) is 14.4 Å². The van der Waals surface area contributed by atoms with Crippen molar-refractivity contribution in [3.63, 3.8) is 0 Å². The first-order valence-electron chi connectivity index (χ1n) is 13.9. The van der Waals surface area contributed by atoms with E-state index < -0.39 is 23.7 Å². The standard InChI is InChI=1S/C34H32F3N3O3/c1-2-3-13-30(41)40-31(25-9-5-4-6-10-25)33(43)38-22-23-14-20-27(21-15-23)39-32(42)29-12-8-7-11-28(29)24-16-18-26(19-17-24)34(35,36)37/h4-12,14-21,31H,2-3,13,22H2,1H3,(H,38,43)(H,39,42)(H,40,41)/t31-/m0/s1. The zero-order valence-corrected chi connectivity index (χ0v) is 23.6. The van der Waals surface area contributed by atoms with Crippen LogP contribution in [0.5, 0.6) is 0 Å². The number of unbranched alkanes of at least 4 members (excludes halogenated alkanes) is 1. The van der Waals surface area contributed by atoms with Crippen molar-refractivity contribution in [3.05, 3.63) is 125 Å². The van der Waals surface area contributed by atoms with E-state index in [0.29, 0.717) is 34.4 Å². The van der Waals surface area contributed by atoms with E-state index >= 15 is 0 Å². The maximum absolute atomic E-state index is 13.1. The molecule has 0 radical (unpaired) electrons. The molecule has 0 saturated carbocycles. The summed E-state index contributed by atoms with van der Waals surface area (Å²) in [5, 5.41) is 8.52. The molecule has 3 N–H and O–H groups in total. The number of hydrogen-bond donors (Lipinski definition) is 3. The van der Waals surface area contributed by atoms with Crippen molar-refractivity contribution in [1.29, 1.82) is 0 Å². The van der Waals surface area contributed by atoms with E-state index in [4.69, 9.17) is 0 Å². The number of nitrogens with one attached hydrogen (secondary N) is 3. The van der Waals surface area contributed by atoms with Gasteiger partial charge >= 0.3 is 6.18 Å². The number of carbonyl (C=O) groups is 3. The van der Waals surface area contributed by atoms with E-state index in [-0.39, 0.29) is 18.4 Å². The Bertz CT molecular complexity index is 1540. The van der Waals surface area contributed by atoms with Crippen molar-refractivity contribution in [3.8, 4) is 11.1 Å². The van der Waals surface area contributed by atoms with E-state index in [1.807, 2.05) is 25.1 Å². The number of halogens is 3. The summed E-state index contributed by atoms with van der Waals surface area (Å²) in [4.78, 5) is 38.6. The van der Waals surface area contributed by atoms with E-state index in [2.05, 4.69) is 16.0 Å². The van der Waals surface area contributed by atoms with Crippen LogP contribution in [0.2, 0.25) is 0 Å². The fourth-order valence-corrected chi connectivity index (χ4v) is 4.48. The predicted octanol–water partition coefficient (Wildman–Crippen LogP) is 7.29. The van der Waals surface area contributed by atoms with Crippen LogP contribution >= 0.6 is 0 Å². The first-order valence-corrected chi connectivity index (χ1v) is 13.9. The molecule has 0 aliphatic heterocycles. The molecule has 3 amide bonds. The fraction of sp³-hybridized carbons (Fsp3) is 0.206. The van der Waals surface area contributed by atoms with Gasteiger partial charge in [0.05, 0.1) is 5.56 Å². The van der Waals surface area contributed by atoms with Crippen molar-refractivity contribution < 1.29 is 27.6 Å². The van der Waals surface area contributed by atoms with Gasteiger partial charge in [-0.2, -0.15) is 13.2 Å². The molecule has 4 aromatic carbocycles. The van der Waals surface area contributed by atoms with Crippen molar-refractivity contribution in [2.45, 2.75) is 44.9 Å². The summed E-state index contributed by atoms with van der Waals surface area (Å²) in [5.74, 6) is -0.944. The number of benzene rings is 4. The molecule has 1 atom stereocenters. The lowest BCUT2D eigenvalue weighted by atomic mass is 9.98. The molecular weight excluding hydrogens is 555 g/mol. The highest BCUT2D eigenvalue weighted by Gasteiger charge is 2.30. The maximum atomic E-state index is 13.1. The topological polar surface area (TPSA) is 87.3 Å². The average molecular weight is 588 g/mol. The molecule has 0 unspecified atom stereocenters. The van der Waals surface area contributed by atoms with Gasteiger partial charge in [0.2, 0.25) is 11.8 Å². The maximum Gasteiger partial charge on any atom is 0.416 e. The van der Waals surface area contributed by atoms with Crippen LogP contribution in [0.15, 0.2) is 103 Å². The van der Waals surface area contributed by atoms with Gasteiger partial charge in [-0.05, 0) is 59.0 Å². The van der Waals surface area contributed by atoms with Crippen molar-refractivity contribution in [2.24, 2.45) is 0 Å². The van der Waals surface area contributed by atoms with Crippen LogP contribution in [0.1, 0.15) is 59.3 Å². The van der Waals surface area contributed by atoms with E-state index in [0.717, 1.165) is 30.5 Å². The van der Waals surface area contributed by atoms with Crippen molar-refractivity contribution in [1.82, 2.24) is 10.6 Å². The summed E-state index contributed by atoms with van der Waals surface area (Å²) >= 11 is 0. The van der Waals surface area contributed by atoms with Gasteiger partial charge in [-0.15, -0.1) is 0 Å². The average Bonchev–Trinajstić information content (AvgIpc) is 3.02. The Hall–Kier alpha value is -4.92. The zero-order valence-electron chi connectivity index (χ0n) is 23.6. The molecule has 0 saturated heterocycles. The minimum Gasteiger partial charge on any atom is -0.350 e. The van der Waals surface area contributed by atoms with Crippen LogP contribution < -0.4 is 16.0 Å². The minimum absolute atomic E-state index is 0.189. The number of rotatable bonds is 11. The van der Waals surface area contributed by atoms with Gasteiger partial charge in [-0.1, -0.05) is 86.1 Å². The molecule has 0 bridgehead atoms. The second-order valence-electron chi connectivity index (χ2n) is 10.0. The Balaban J connectivity index is 1.39. The lowest BCUT2D eigenvalue weighted by Crippen LogP contribution is -2.40. The molecule has 9 heteroatoms. The monoisotopic (exact) mass is 587 g/mol. The second kappa shape index (κ2) is 14.3. The van der Waals surface area contributed by atoms with Crippen LogP contribution in [0.4, 0.5) is 18.9 Å². The van der Waals surface area contributed by atoms with E-state index in [1.165, 1.54) is 12.1 Å². The van der Waals surface area contributed by atoms with Crippen molar-refractivity contribution >= 4 is 23.4 Å². The van der Waals surface area contributed by atoms with Gasteiger partial charge in [0, 0.05) is 24.2 Å². The normalized spacial score (nSPS) is 11.8. The molecule has 4 aromatic rings. The summed E-state index contributed by atoms with van der Waals surface area (Å²) in [6.45, 7) is 2.20. The summed E-state index contributed by atoms with van der Waals surface area (Å²) in [5.41, 5.74) is 2.50. The molecule has 0 fully saturated rings. The molecule has 6 nitrogen and oxygen atoms in total. The number of carbonyl (C=O) groups excluding carboxylic acids is 3. The molecule has 0 aromatic heterocycles. The predicted molar refractivity (Wildman–Crippen MR) is 160 cm³/mol. The highest BCUT2D eigenvalue weighted by atomic mass is 19.4. The Labute approximate surface area is 248 Å². The summed E-state index contributed by atoms with van der Waals surface area (Å²) < 4.78 is 38.9. The number of alkyl halides is 3. The van der Waals surface area contributed by atoms with Gasteiger partial charge in [0.15, 0.2) is 0 Å². The molecule has 43 heavy (non-hydrogen) atoms. The lowest BCUT2D eigenvalue weighted by Gasteiger charge is -2.19. The first kappa shape index (κ1) is 31.0. The highest BCUT2D eigenvalue weighted by molar-refractivity contribution is 6.08. The van der Waals surface area contributed by atoms with Gasteiger partial charge in [0.25, 0.3) is 5.91 Å². The Morgan fingerprint density at radius 2 is 1.44 bits per heavy atom. The summed E-state index contributed by atoms with van der Waals surface area (Å²) in [6, 6.07) is 26.5. The van der Waals surface area contributed by atoms with Gasteiger partial charge in [0.1, 0.15) is 6.04 Å². The third kappa shape index (κ3) is 8.54. The van der Waals surface area contributed by atoms with Crippen LogP contribution in [-0.4, -0.2) is 17.7 Å². The molecule has 0 aliphatic carbocycles. The first-order chi connectivity index (χ1) is 20.7. The highest BCUT2D eigenvalue weighted by Crippen LogP contribution is 2.32. The summed E-state index contributed by atoms with van der Waals surface area (Å²) in [6.07, 6.45) is -2.50. The molecule has 4 rings (SSSR count). The summed E-state index contributed by atoms with van der Waals surface area (Å²) in [7, 11) is 0. The molecule has 0 spiro atoms. The largest absolute Gasteiger partial charge is 0.416 e. The fourth-order valence-electron chi connectivity index (χ4n) is 4.48. The van der Waals surface area contributed by atoms with Crippen LogP contribution in [0, 0.1) is 0 Å². The van der Waals surface area contributed by atoms with E-state index in [9.17, 15) is 27.6 Å². The zero-order chi connectivity index (χ0) is 30.8. The van der Waals surface area contributed by atoms with Crippen LogP contribution in [-0.2, 0) is 22.3 Å². The molecule has 0 heterocycles. The quantitative estimate of drug-likeness (QED) is 0.172. The van der Waals surface area contributed by atoms with Gasteiger partial charge < -0.3 is 16.0 Å². The Morgan fingerprint density at radius 1 is 0.791 bits per heavy atom. The molecule has 0 aliphatic rings. The lowest BCUT2D eigenvalue weighted by molar-refractivity contribution is -0.137. The minimum atomic E-state index is -4.45. The number of hydrogen-bond acceptors (Lipinski definition) is 3. The number of amides is 3. The third-order valence-corrected chi connectivity index (χ3v) is 6.83. The smallest absolute Gasteiger partial charge is 0.350 e. The Kier molecular flexibility index (Phi) is 10.3. The third-order valence-electron chi connectivity index (χ3n) is 6.83. The van der Waals surface area contributed by atoms with Crippen LogP contribution in [0.3, 0.4) is 0 Å². The van der Waals surface area contributed by atoms with Crippen molar-refractivity contribution in [2.75, 3.05) is 5.32 Å². The second-order valence-corrected chi connectivity index (χ2v) is 10.0. The van der Waals surface area contributed by atoms with Crippen LogP contribution in [0.25, 0.3) is 11.1 Å². The molecular formula is C34H32F3N3O3.